The molecule has 0 aliphatic carbocycles. The maximum absolute atomic E-state index is 12.7. The van der Waals surface area contributed by atoms with Crippen molar-refractivity contribution in [3.63, 3.8) is 0 Å². The van der Waals surface area contributed by atoms with Crippen LogP contribution in [-0.2, 0) is 0 Å². The third-order valence-electron chi connectivity index (χ3n) is 21.2. The summed E-state index contributed by atoms with van der Waals surface area (Å²) in [6.07, 6.45) is 4.97. The molecule has 0 saturated heterocycles. The molecule has 0 aliphatic heterocycles. The van der Waals surface area contributed by atoms with Gasteiger partial charge >= 0.3 is 0 Å². The monoisotopic (exact) mass is 1990 g/mol. The molecule has 13 N–H and O–H groups in total. The lowest BCUT2D eigenvalue weighted by Crippen LogP contribution is -2.17. The second-order valence-electron chi connectivity index (χ2n) is 37.4. The smallest absolute Gasteiger partial charge is 0.200 e. The Balaban J connectivity index is 0.000000209. The standard InChI is InChI=1S/C23H30O5.C19H22O5.C18H20O4.C16H16O4.2C15H14O3.C13H11NO2/c1-22(2,3)13-27-15-7-9-17(19(24)11-15)21(26)18-10-8-16(12-20(18)25)28-14-23(4,5)6;1-11(2)23-13-5-7-15(17(20)9-13)19(22)16-8-6-14(10-18(16)21)24-12(3)4;1-3-4-9-22-13-6-8-15(17(20)11-13)18(21)14-7-5-12(2)10-16(14)19;1-3-20-11-5-7-13(15(18)9-11)16(19)12-6-4-10(2)8-14(12)17;2*1-9-3-5-11(13(16)7-9)15(18)12-6-4-10(2)8-14(12)17;1-9-4-5-11(12(15)7-9)13(16)10-3-2-6-14-8-10/h7-12,24-25H,13-14H2,1-6H3;5-12,20-21H,1-4H3;5-8,10-11,19-20H,3-4,9H2,1-2H3;4-9,17-18H,3H2,1-2H3;2*3-8,16-17H,1-2H3;2-8,15H,1H3. The van der Waals surface area contributed by atoms with E-state index in [0.29, 0.717) is 72.1 Å². The van der Waals surface area contributed by atoms with Gasteiger partial charge in [0, 0.05) is 54.4 Å². The molecule has 1 aromatic heterocycles. The third-order valence-corrected chi connectivity index (χ3v) is 21.2. The molecule has 0 amide bonds. The van der Waals surface area contributed by atoms with Crippen molar-refractivity contribution in [3.05, 3.63) is 378 Å². The second-order valence-corrected chi connectivity index (χ2v) is 37.4. The number of aromatic nitrogens is 1. The highest BCUT2D eigenvalue weighted by molar-refractivity contribution is 6.16. The fraction of sp³-hybridized carbons (Fsp3) is 0.244. The van der Waals surface area contributed by atoms with Crippen molar-refractivity contribution < 1.29 is 128 Å². The van der Waals surface area contributed by atoms with Crippen LogP contribution in [0.4, 0.5) is 0 Å². The third kappa shape index (κ3) is 33.8. The normalized spacial score (nSPS) is 10.7. The predicted molar refractivity (Wildman–Crippen MR) is 560 cm³/mol. The summed E-state index contributed by atoms with van der Waals surface area (Å²) in [5.74, 6) is -1.38. The summed E-state index contributed by atoms with van der Waals surface area (Å²) >= 11 is 0. The number of aromatic hydroxyl groups is 13. The van der Waals surface area contributed by atoms with Gasteiger partial charge in [0.15, 0.2) is 40.5 Å². The number of unbranched alkanes of at least 4 members (excludes halogenated alkanes) is 1. The average molecular weight is 1990 g/mol. The van der Waals surface area contributed by atoms with Crippen LogP contribution in [0.15, 0.2) is 261 Å². The summed E-state index contributed by atoms with van der Waals surface area (Å²) in [5.41, 5.74) is 8.63. The SMILES string of the molecule is CC(C)(C)COc1ccc(C(=O)c2ccc(OCC(C)(C)C)cc2O)c(O)c1.CC(C)Oc1ccc(C(=O)c2ccc(OC(C)C)cc2O)c(O)c1.CCCCOc1ccc(C(=O)c2ccc(C)cc2O)c(O)c1.CCOc1ccc(C(=O)c2ccc(C)cc2O)c(O)c1.Cc1ccc(C(=O)c2ccc(C)cc2O)c(O)c1.Cc1ccc(C(=O)c2ccc(C)cc2O)c(O)c1.Cc1ccc(C(=O)c2cccnc2)c(O)c1. The quantitative estimate of drug-likeness (QED) is 0.0160. The highest BCUT2D eigenvalue weighted by Crippen LogP contribution is 2.39. The molecule has 27 heteroatoms. The Labute approximate surface area is 850 Å². The van der Waals surface area contributed by atoms with Crippen LogP contribution < -0.4 is 28.4 Å². The first kappa shape index (κ1) is 114. The Bertz CT molecular complexity index is 6610. The van der Waals surface area contributed by atoms with Crippen LogP contribution in [0.3, 0.4) is 0 Å². The van der Waals surface area contributed by atoms with E-state index >= 15 is 0 Å². The molecule has 0 saturated carbocycles. The van der Waals surface area contributed by atoms with Crippen molar-refractivity contribution in [2.24, 2.45) is 10.8 Å². The predicted octanol–water partition coefficient (Wildman–Crippen LogP) is 24.2. The first-order valence-electron chi connectivity index (χ1n) is 47.0. The largest absolute Gasteiger partial charge is 0.507 e. The van der Waals surface area contributed by atoms with E-state index in [1.807, 2.05) is 125 Å². The molecule has 13 aromatic carbocycles. The van der Waals surface area contributed by atoms with Crippen LogP contribution in [0, 0.1) is 59.3 Å². The van der Waals surface area contributed by atoms with Crippen LogP contribution in [0.25, 0.3) is 0 Å². The Morgan fingerprint density at radius 2 is 0.459 bits per heavy atom. The van der Waals surface area contributed by atoms with E-state index in [1.165, 1.54) is 115 Å². The molecule has 0 radical (unpaired) electrons. The van der Waals surface area contributed by atoms with Gasteiger partial charge in [-0.15, -0.1) is 0 Å². The van der Waals surface area contributed by atoms with E-state index in [2.05, 4.69) is 11.9 Å². The molecule has 0 fully saturated rings. The molecule has 27 nitrogen and oxygen atoms in total. The molecular formula is C119H127NO26. The van der Waals surface area contributed by atoms with Gasteiger partial charge in [-0.2, -0.15) is 0 Å². The average Bonchev–Trinajstić information content (AvgIpc) is 0.818. The maximum atomic E-state index is 12.7. The van der Waals surface area contributed by atoms with Gasteiger partial charge in [0.05, 0.1) is 111 Å². The lowest BCUT2D eigenvalue weighted by molar-refractivity contribution is 0.102. The number of ether oxygens (including phenoxy) is 6. The van der Waals surface area contributed by atoms with E-state index in [4.69, 9.17) is 28.4 Å². The number of nitrogens with zero attached hydrogens (tertiary/aromatic N) is 1. The molecule has 0 spiro atoms. The number of carbonyl (C=O) groups excluding carboxylic acids is 7. The van der Waals surface area contributed by atoms with Crippen molar-refractivity contribution >= 4 is 40.5 Å². The Morgan fingerprint density at radius 1 is 0.260 bits per heavy atom. The van der Waals surface area contributed by atoms with Crippen molar-refractivity contribution in [1.82, 2.24) is 4.98 Å². The van der Waals surface area contributed by atoms with Crippen LogP contribution in [-0.4, -0.2) is 150 Å². The summed E-state index contributed by atoms with van der Waals surface area (Å²) in [6.45, 7) is 38.5. The van der Waals surface area contributed by atoms with Gasteiger partial charge in [0.1, 0.15) is 109 Å². The minimum Gasteiger partial charge on any atom is -0.507 e. The summed E-state index contributed by atoms with van der Waals surface area (Å²) < 4.78 is 33.0. The summed E-state index contributed by atoms with van der Waals surface area (Å²) in [6, 6.07) is 64.4. The van der Waals surface area contributed by atoms with Gasteiger partial charge in [-0.25, -0.2) is 0 Å². The number of phenolic OH excluding ortho intramolecular Hbond substituents is 13. The number of aryl methyl sites for hydroxylation is 7. The number of hydrogen-bond donors (Lipinski definition) is 13. The lowest BCUT2D eigenvalue weighted by atomic mass is 9.98. The van der Waals surface area contributed by atoms with Crippen LogP contribution in [0.1, 0.15) is 246 Å². The molecular weight excluding hydrogens is 1860 g/mol. The van der Waals surface area contributed by atoms with Crippen molar-refractivity contribution in [2.75, 3.05) is 26.4 Å². The first-order chi connectivity index (χ1) is 68.8. The van der Waals surface area contributed by atoms with Crippen molar-refractivity contribution in [2.45, 2.75) is 157 Å². The molecule has 146 heavy (non-hydrogen) atoms. The molecule has 1 heterocycles. The Kier molecular flexibility index (Phi) is 41.1. The highest BCUT2D eigenvalue weighted by Gasteiger charge is 2.27. The van der Waals surface area contributed by atoms with E-state index in [9.17, 15) is 99.9 Å². The molecule has 764 valence electrons. The first-order valence-corrected chi connectivity index (χ1v) is 47.0. The minimum absolute atomic E-state index is 0.00820. The highest BCUT2D eigenvalue weighted by atomic mass is 16.5. The molecule has 0 atom stereocenters. The van der Waals surface area contributed by atoms with E-state index < -0.39 is 23.1 Å². The lowest BCUT2D eigenvalue weighted by Gasteiger charge is -2.19. The Morgan fingerprint density at radius 3 is 0.651 bits per heavy atom. The summed E-state index contributed by atoms with van der Waals surface area (Å²) in [7, 11) is 0. The zero-order valence-electron chi connectivity index (χ0n) is 85.3. The van der Waals surface area contributed by atoms with Gasteiger partial charge in [-0.3, -0.25) is 38.5 Å². The van der Waals surface area contributed by atoms with Gasteiger partial charge in [-0.05, 0) is 309 Å². The number of ketones is 7. The van der Waals surface area contributed by atoms with Crippen molar-refractivity contribution in [3.8, 4) is 109 Å². The molecule has 14 rings (SSSR count). The zero-order valence-corrected chi connectivity index (χ0v) is 85.3. The fourth-order valence-corrected chi connectivity index (χ4v) is 13.7. The number of phenols is 13. The van der Waals surface area contributed by atoms with E-state index in [1.54, 1.807) is 146 Å². The summed E-state index contributed by atoms with van der Waals surface area (Å²) in [5, 5.41) is 129. The second kappa shape index (κ2) is 52.6. The summed E-state index contributed by atoms with van der Waals surface area (Å²) in [4.78, 5) is 90.2. The van der Waals surface area contributed by atoms with E-state index in [-0.39, 0.29) is 182 Å². The molecule has 14 aromatic rings. The number of pyridine rings is 1. The van der Waals surface area contributed by atoms with Gasteiger partial charge in [0.2, 0.25) is 0 Å². The van der Waals surface area contributed by atoms with Gasteiger partial charge in [-0.1, -0.05) is 97.4 Å². The molecule has 0 aliphatic rings. The van der Waals surface area contributed by atoms with Gasteiger partial charge in [0.25, 0.3) is 0 Å². The zero-order chi connectivity index (χ0) is 108. The van der Waals surface area contributed by atoms with Crippen LogP contribution >= 0.6 is 0 Å². The fourth-order valence-electron chi connectivity index (χ4n) is 13.7. The number of carbonyl (C=O) groups is 7. The topological polar surface area (TPSA) is 451 Å². The number of rotatable bonds is 28. The number of benzene rings is 13. The van der Waals surface area contributed by atoms with Crippen LogP contribution in [0.5, 0.6) is 109 Å². The Hall–Kier alpha value is -17.1. The minimum atomic E-state index is -0.475. The van der Waals surface area contributed by atoms with E-state index in [0.717, 1.165) is 51.8 Å². The number of hydrogen-bond acceptors (Lipinski definition) is 27. The maximum Gasteiger partial charge on any atom is 0.200 e. The van der Waals surface area contributed by atoms with Crippen LogP contribution in [0.2, 0.25) is 0 Å². The molecule has 0 bridgehead atoms. The van der Waals surface area contributed by atoms with Gasteiger partial charge < -0.3 is 94.8 Å². The molecule has 0 unspecified atom stereocenters. The van der Waals surface area contributed by atoms with Crippen molar-refractivity contribution in [1.29, 1.82) is 0 Å².